The van der Waals surface area contributed by atoms with E-state index in [4.69, 9.17) is 19.9 Å². The number of hydrogen-bond donors (Lipinski definition) is 1. The van der Waals surface area contributed by atoms with Gasteiger partial charge in [-0.3, -0.25) is 0 Å². The van der Waals surface area contributed by atoms with Crippen molar-refractivity contribution in [3.63, 3.8) is 0 Å². The highest BCUT2D eigenvalue weighted by Gasteiger charge is 2.15. The third kappa shape index (κ3) is 4.29. The first-order valence-electron chi connectivity index (χ1n) is 6.32. The monoisotopic (exact) mass is 268 g/mol. The Morgan fingerprint density at radius 1 is 1.21 bits per heavy atom. The van der Waals surface area contributed by atoms with Gasteiger partial charge in [-0.25, -0.2) is 0 Å². The van der Waals surface area contributed by atoms with Gasteiger partial charge in [0.2, 0.25) is 0 Å². The summed E-state index contributed by atoms with van der Waals surface area (Å²) >= 11 is 0. The van der Waals surface area contributed by atoms with Crippen LogP contribution >= 0.6 is 0 Å². The molecule has 0 radical (unpaired) electrons. The second-order valence-electron chi connectivity index (χ2n) is 4.42. The van der Waals surface area contributed by atoms with Crippen LogP contribution < -0.4 is 15.4 Å². The summed E-state index contributed by atoms with van der Waals surface area (Å²) in [5, 5.41) is 0. The van der Waals surface area contributed by atoms with Gasteiger partial charge in [-0.1, -0.05) is 0 Å². The van der Waals surface area contributed by atoms with Crippen molar-refractivity contribution in [2.45, 2.75) is 13.0 Å². The van der Waals surface area contributed by atoms with E-state index in [1.165, 1.54) is 0 Å². The Kier molecular flexibility index (Phi) is 6.45. The second-order valence-corrected chi connectivity index (χ2v) is 4.42. The lowest BCUT2D eigenvalue weighted by molar-refractivity contribution is 0.171. The second kappa shape index (κ2) is 7.86. The topological polar surface area (TPSA) is 57.0 Å². The fourth-order valence-corrected chi connectivity index (χ4v) is 2.00. The smallest absolute Gasteiger partial charge is 0.143 e. The predicted octanol–water partition coefficient (Wildman–Crippen LogP) is 1.77. The molecule has 0 aliphatic carbocycles. The molecule has 0 aliphatic rings. The summed E-state index contributed by atoms with van der Waals surface area (Å²) in [6.07, 6.45) is 0. The van der Waals surface area contributed by atoms with Crippen LogP contribution in [-0.2, 0) is 9.47 Å². The van der Waals surface area contributed by atoms with Crippen LogP contribution in [0.4, 0.5) is 11.4 Å². The molecule has 0 amide bonds. The quantitative estimate of drug-likeness (QED) is 0.728. The van der Waals surface area contributed by atoms with Crippen molar-refractivity contribution in [1.29, 1.82) is 0 Å². The molecule has 1 aromatic carbocycles. The largest absolute Gasteiger partial charge is 0.495 e. The van der Waals surface area contributed by atoms with Crippen molar-refractivity contribution in [2.75, 3.05) is 51.7 Å². The number of rotatable bonds is 8. The van der Waals surface area contributed by atoms with Crippen molar-refractivity contribution in [1.82, 2.24) is 0 Å². The molecule has 0 heterocycles. The maximum absolute atomic E-state index is 5.84. The van der Waals surface area contributed by atoms with E-state index in [0.717, 1.165) is 12.2 Å². The van der Waals surface area contributed by atoms with Gasteiger partial charge in [-0.15, -0.1) is 0 Å². The van der Waals surface area contributed by atoms with Gasteiger partial charge in [0, 0.05) is 38.6 Å². The van der Waals surface area contributed by atoms with E-state index in [1.807, 2.05) is 18.2 Å². The van der Waals surface area contributed by atoms with Crippen molar-refractivity contribution >= 4 is 11.4 Å². The number of nitrogens with two attached hydrogens (primary N) is 1. The van der Waals surface area contributed by atoms with Crippen molar-refractivity contribution in [2.24, 2.45) is 0 Å². The highest BCUT2D eigenvalue weighted by Crippen LogP contribution is 2.28. The molecule has 0 saturated heterocycles. The van der Waals surface area contributed by atoms with E-state index in [-0.39, 0.29) is 6.04 Å². The molecular weight excluding hydrogens is 244 g/mol. The minimum absolute atomic E-state index is 0.244. The maximum atomic E-state index is 5.84. The van der Waals surface area contributed by atoms with Crippen LogP contribution in [0.1, 0.15) is 6.92 Å². The van der Waals surface area contributed by atoms with Gasteiger partial charge in [0.15, 0.2) is 0 Å². The zero-order valence-corrected chi connectivity index (χ0v) is 12.2. The first-order valence-corrected chi connectivity index (χ1v) is 6.32. The van der Waals surface area contributed by atoms with Gasteiger partial charge < -0.3 is 24.8 Å². The van der Waals surface area contributed by atoms with Crippen LogP contribution in [0.15, 0.2) is 18.2 Å². The van der Waals surface area contributed by atoms with Gasteiger partial charge in [-0.2, -0.15) is 0 Å². The molecule has 2 N–H and O–H groups in total. The summed E-state index contributed by atoms with van der Waals surface area (Å²) in [4.78, 5) is 2.22. The number of hydrogen-bond acceptors (Lipinski definition) is 5. The molecule has 0 saturated carbocycles. The maximum Gasteiger partial charge on any atom is 0.143 e. The molecule has 5 nitrogen and oxygen atoms in total. The molecule has 0 bridgehead atoms. The first kappa shape index (κ1) is 15.6. The average molecular weight is 268 g/mol. The summed E-state index contributed by atoms with van der Waals surface area (Å²) in [7, 11) is 5.02. The lowest BCUT2D eigenvalue weighted by Gasteiger charge is -2.31. The number of anilines is 2. The van der Waals surface area contributed by atoms with Gasteiger partial charge in [-0.05, 0) is 19.1 Å². The Morgan fingerprint density at radius 3 is 2.53 bits per heavy atom. The van der Waals surface area contributed by atoms with Crippen molar-refractivity contribution in [3.05, 3.63) is 18.2 Å². The summed E-state index contributed by atoms with van der Waals surface area (Å²) < 4.78 is 15.7. The van der Waals surface area contributed by atoms with Crippen LogP contribution in [0.5, 0.6) is 5.75 Å². The highest BCUT2D eigenvalue weighted by atomic mass is 16.5. The van der Waals surface area contributed by atoms with E-state index in [1.54, 1.807) is 21.3 Å². The number of benzene rings is 1. The van der Waals surface area contributed by atoms with Crippen molar-refractivity contribution in [3.8, 4) is 5.75 Å². The molecule has 5 heteroatoms. The van der Waals surface area contributed by atoms with E-state index in [9.17, 15) is 0 Å². The summed E-state index contributed by atoms with van der Waals surface area (Å²) in [6, 6.07) is 6.03. The minimum Gasteiger partial charge on any atom is -0.495 e. The van der Waals surface area contributed by atoms with Crippen LogP contribution in [0, 0.1) is 0 Å². The molecule has 0 spiro atoms. The number of nitrogen functional groups attached to an aromatic ring is 1. The third-order valence-electron chi connectivity index (χ3n) is 3.02. The van der Waals surface area contributed by atoms with Crippen molar-refractivity contribution < 1.29 is 14.2 Å². The van der Waals surface area contributed by atoms with Gasteiger partial charge in [0.05, 0.1) is 26.0 Å². The Bertz CT molecular complexity index is 385. The third-order valence-corrected chi connectivity index (χ3v) is 3.02. The summed E-state index contributed by atoms with van der Waals surface area (Å²) in [5.41, 5.74) is 7.53. The molecule has 0 aliphatic heterocycles. The van der Waals surface area contributed by atoms with Gasteiger partial charge >= 0.3 is 0 Å². The molecule has 1 atom stereocenters. The molecule has 0 aromatic heterocycles. The number of ether oxygens (including phenoxy) is 3. The van der Waals surface area contributed by atoms with E-state index in [2.05, 4.69) is 11.8 Å². The molecule has 0 fully saturated rings. The van der Waals surface area contributed by atoms with Crippen LogP contribution in [-0.4, -0.2) is 47.1 Å². The Hall–Kier alpha value is -1.46. The predicted molar refractivity (Wildman–Crippen MR) is 78.0 cm³/mol. The molecule has 1 rings (SSSR count). The van der Waals surface area contributed by atoms with E-state index >= 15 is 0 Å². The molecule has 108 valence electrons. The van der Waals surface area contributed by atoms with Crippen LogP contribution in [0.2, 0.25) is 0 Å². The zero-order chi connectivity index (χ0) is 14.3. The fourth-order valence-electron chi connectivity index (χ4n) is 2.00. The summed E-state index contributed by atoms with van der Waals surface area (Å²) in [5.74, 6) is 0.685. The van der Waals surface area contributed by atoms with Gasteiger partial charge in [0.25, 0.3) is 0 Å². The lowest BCUT2D eigenvalue weighted by Crippen LogP contribution is -2.38. The van der Waals surface area contributed by atoms with Crippen LogP contribution in [0.25, 0.3) is 0 Å². The molecule has 1 unspecified atom stereocenters. The lowest BCUT2D eigenvalue weighted by atomic mass is 10.2. The fraction of sp³-hybridized carbons (Fsp3) is 0.571. The van der Waals surface area contributed by atoms with E-state index in [0.29, 0.717) is 24.7 Å². The Labute approximate surface area is 115 Å². The normalized spacial score (nSPS) is 12.2. The zero-order valence-electron chi connectivity index (χ0n) is 12.2. The SMILES string of the molecule is COCCN(c1ccc(N)c(OC)c1)C(C)COC. The standard InChI is InChI=1S/C14H24N2O3/c1-11(10-18-3)16(7-8-17-2)12-5-6-13(15)14(9-12)19-4/h5-6,9,11H,7-8,10,15H2,1-4H3. The minimum atomic E-state index is 0.244. The van der Waals surface area contributed by atoms with Gasteiger partial charge in [0.1, 0.15) is 5.75 Å². The average Bonchev–Trinajstić information content (AvgIpc) is 2.41. The molecular formula is C14H24N2O3. The molecule has 1 aromatic rings. The Morgan fingerprint density at radius 2 is 1.95 bits per heavy atom. The van der Waals surface area contributed by atoms with Crippen LogP contribution in [0.3, 0.4) is 0 Å². The molecule has 19 heavy (non-hydrogen) atoms. The van der Waals surface area contributed by atoms with E-state index < -0.39 is 0 Å². The number of methoxy groups -OCH3 is 3. The highest BCUT2D eigenvalue weighted by molar-refractivity contribution is 5.62. The first-order chi connectivity index (χ1) is 9.13. The summed E-state index contributed by atoms with van der Waals surface area (Å²) in [6.45, 7) is 4.20. The number of nitrogens with zero attached hydrogens (tertiary/aromatic N) is 1. The Balaban J connectivity index is 2.95.